The minimum Gasteiger partial charge on any atom is -0.491 e. The molecule has 0 atom stereocenters. The summed E-state index contributed by atoms with van der Waals surface area (Å²) in [6.45, 7) is -0.438. The molecule has 0 unspecified atom stereocenters. The fourth-order valence-corrected chi connectivity index (χ4v) is 5.26. The zero-order chi connectivity index (χ0) is 35.9. The Bertz CT molecular complexity index is 1650. The van der Waals surface area contributed by atoms with Crippen LogP contribution in [0.4, 0.5) is 0 Å². The molecule has 0 aliphatic heterocycles. The molecule has 0 saturated carbocycles. The second-order valence-electron chi connectivity index (χ2n) is 10.9. The van der Waals surface area contributed by atoms with E-state index in [9.17, 15) is 0 Å². The lowest BCUT2D eigenvalue weighted by Gasteiger charge is -2.33. The van der Waals surface area contributed by atoms with Gasteiger partial charge in [0.05, 0.1) is 20.1 Å². The Morgan fingerprint density at radius 3 is 0.796 bits per heavy atom. The van der Waals surface area contributed by atoms with Crippen LogP contribution < -0.4 is 41.9 Å². The van der Waals surface area contributed by atoms with Crippen molar-refractivity contribution in [2.45, 2.75) is 0 Å². The lowest BCUT2D eigenvalue weighted by molar-refractivity contribution is -0.00342. The van der Waals surface area contributed by atoms with Gasteiger partial charge in [0, 0.05) is 22.3 Å². The maximum atomic E-state index is 7.72. The minimum atomic E-state index is -1.16. The molecule has 12 N–H and O–H groups in total. The molecular formula is C33H32Cl4N8O4. The smallest absolute Gasteiger partial charge is 0.137 e. The fourth-order valence-electron chi connectivity index (χ4n) is 4.32. The largest absolute Gasteiger partial charge is 0.491 e. The van der Waals surface area contributed by atoms with E-state index in [0.717, 1.165) is 0 Å². The Hall–Kier alpha value is -4.88. The first-order valence-electron chi connectivity index (χ1n) is 14.2. The van der Waals surface area contributed by atoms with E-state index in [4.69, 9.17) is 110 Å². The molecule has 0 radical (unpaired) electrons. The predicted molar refractivity (Wildman–Crippen MR) is 194 cm³/mol. The van der Waals surface area contributed by atoms with Gasteiger partial charge in [-0.05, 0) is 72.8 Å². The van der Waals surface area contributed by atoms with Gasteiger partial charge in [-0.25, -0.2) is 0 Å². The number of nitrogens with one attached hydrogen (secondary N) is 4. The van der Waals surface area contributed by atoms with Crippen molar-refractivity contribution >= 4 is 69.7 Å². The van der Waals surface area contributed by atoms with Crippen molar-refractivity contribution in [3.63, 3.8) is 0 Å². The molecule has 0 saturated heterocycles. The van der Waals surface area contributed by atoms with Gasteiger partial charge in [0.2, 0.25) is 0 Å². The van der Waals surface area contributed by atoms with E-state index >= 15 is 0 Å². The molecule has 49 heavy (non-hydrogen) atoms. The number of nitrogen functional groups attached to an aromatic ring is 4. The van der Waals surface area contributed by atoms with Crippen LogP contribution in [0.25, 0.3) is 0 Å². The third-order valence-electron chi connectivity index (χ3n) is 7.11. The van der Waals surface area contributed by atoms with Crippen molar-refractivity contribution in [1.82, 2.24) is 0 Å². The van der Waals surface area contributed by atoms with Crippen molar-refractivity contribution in [2.75, 3.05) is 26.4 Å². The molecule has 4 aromatic carbocycles. The normalized spacial score (nSPS) is 12.0. The maximum Gasteiger partial charge on any atom is 0.137 e. The first kappa shape index (κ1) is 36.9. The van der Waals surface area contributed by atoms with E-state index in [0.29, 0.717) is 22.3 Å². The monoisotopic (exact) mass is 744 g/mol. The summed E-state index contributed by atoms with van der Waals surface area (Å²) in [6.07, 6.45) is 0. The van der Waals surface area contributed by atoms with E-state index < -0.39 is 5.41 Å². The molecule has 16 heteroatoms. The number of hydrogen-bond acceptors (Lipinski definition) is 8. The Balaban J connectivity index is 1.73. The number of hydrogen-bond donors (Lipinski definition) is 8. The molecule has 4 rings (SSSR count). The van der Waals surface area contributed by atoms with Crippen LogP contribution >= 0.6 is 46.4 Å². The molecule has 0 aromatic heterocycles. The summed E-state index contributed by atoms with van der Waals surface area (Å²) in [4.78, 5) is 0. The molecule has 0 aliphatic carbocycles. The predicted octanol–water partition coefficient (Wildman–Crippen LogP) is 6.04. The molecule has 0 amide bonds. The number of amidine groups is 4. The van der Waals surface area contributed by atoms with Crippen LogP contribution in [0.2, 0.25) is 20.1 Å². The fraction of sp³-hybridized carbons (Fsp3) is 0.152. The Morgan fingerprint density at radius 1 is 0.429 bits per heavy atom. The standard InChI is InChI=1S/C33H32Cl4N8O4/c34-21-9-17(29(38)39)1-5-25(21)46-13-33(14-47-26-6-2-18(30(40)41)10-22(26)35,15-48-27-7-3-19(31(42)43)11-23(27)36)16-49-28-8-4-20(32(44)45)12-24(28)37/h1-12H,13-16H2,(H3,38,39)(H3,40,41)(H3,42,43)(H3,44,45). The summed E-state index contributed by atoms with van der Waals surface area (Å²) in [5.41, 5.74) is 23.0. The van der Waals surface area contributed by atoms with Crippen molar-refractivity contribution in [3.05, 3.63) is 115 Å². The Labute approximate surface area is 302 Å². The van der Waals surface area contributed by atoms with Crippen LogP contribution in [0.1, 0.15) is 22.3 Å². The van der Waals surface area contributed by atoms with Gasteiger partial charge in [-0.1, -0.05) is 46.4 Å². The summed E-state index contributed by atoms with van der Waals surface area (Å²) >= 11 is 26.0. The highest BCUT2D eigenvalue weighted by molar-refractivity contribution is 6.33. The van der Waals surface area contributed by atoms with Crippen LogP contribution in [0, 0.1) is 27.1 Å². The highest BCUT2D eigenvalue weighted by atomic mass is 35.5. The molecule has 0 aliphatic rings. The molecule has 0 heterocycles. The van der Waals surface area contributed by atoms with Gasteiger partial charge >= 0.3 is 0 Å². The second kappa shape index (κ2) is 16.0. The van der Waals surface area contributed by atoms with Gasteiger partial charge in [0.1, 0.15) is 78.2 Å². The molecule has 256 valence electrons. The number of ether oxygens (including phenoxy) is 4. The van der Waals surface area contributed by atoms with Gasteiger partial charge in [0.15, 0.2) is 0 Å². The molecule has 0 bridgehead atoms. The average molecular weight is 746 g/mol. The summed E-state index contributed by atoms with van der Waals surface area (Å²) in [5.74, 6) is 0.495. The van der Waals surface area contributed by atoms with Gasteiger partial charge in [-0.3, -0.25) is 21.6 Å². The van der Waals surface area contributed by atoms with Crippen molar-refractivity contribution in [3.8, 4) is 23.0 Å². The quantitative estimate of drug-likeness (QED) is 0.0496. The number of benzene rings is 4. The van der Waals surface area contributed by atoms with Crippen LogP contribution in [-0.2, 0) is 0 Å². The van der Waals surface area contributed by atoms with Gasteiger partial charge < -0.3 is 41.9 Å². The van der Waals surface area contributed by atoms with Crippen LogP contribution in [-0.4, -0.2) is 49.8 Å². The molecule has 0 spiro atoms. The molecule has 0 fully saturated rings. The summed E-state index contributed by atoms with van der Waals surface area (Å²) in [5, 5.41) is 31.7. The van der Waals surface area contributed by atoms with Crippen molar-refractivity contribution in [2.24, 2.45) is 28.3 Å². The second-order valence-corrected chi connectivity index (χ2v) is 12.5. The summed E-state index contributed by atoms with van der Waals surface area (Å²) < 4.78 is 24.9. The first-order valence-corrected chi connectivity index (χ1v) is 15.8. The summed E-state index contributed by atoms with van der Waals surface area (Å²) in [6, 6.07) is 18.7. The Morgan fingerprint density at radius 2 is 0.633 bits per heavy atom. The zero-order valence-corrected chi connectivity index (χ0v) is 28.7. The van der Waals surface area contributed by atoms with E-state index in [1.54, 1.807) is 48.5 Å². The summed E-state index contributed by atoms with van der Waals surface area (Å²) in [7, 11) is 0. The molecule has 4 aromatic rings. The van der Waals surface area contributed by atoms with Crippen LogP contribution in [0.3, 0.4) is 0 Å². The highest BCUT2D eigenvalue weighted by Gasteiger charge is 2.37. The maximum absolute atomic E-state index is 7.72. The van der Waals surface area contributed by atoms with Crippen molar-refractivity contribution in [1.29, 1.82) is 21.6 Å². The van der Waals surface area contributed by atoms with Gasteiger partial charge in [-0.15, -0.1) is 0 Å². The van der Waals surface area contributed by atoms with Gasteiger partial charge in [0.25, 0.3) is 0 Å². The van der Waals surface area contributed by atoms with E-state index in [1.165, 1.54) is 24.3 Å². The SMILES string of the molecule is N=C(N)c1ccc(OCC(COc2ccc(C(=N)N)cc2Cl)(COc2ccc(C(=N)N)cc2Cl)COc2ccc(C(=N)N)cc2Cl)c(Cl)c1. The van der Waals surface area contributed by atoms with Gasteiger partial charge in [-0.2, -0.15) is 0 Å². The van der Waals surface area contributed by atoms with Crippen LogP contribution in [0.15, 0.2) is 72.8 Å². The third-order valence-corrected chi connectivity index (χ3v) is 8.29. The minimum absolute atomic E-state index is 0.110. The number of rotatable bonds is 16. The van der Waals surface area contributed by atoms with E-state index in [1.807, 2.05) is 0 Å². The number of nitrogens with two attached hydrogens (primary N) is 4. The zero-order valence-electron chi connectivity index (χ0n) is 25.7. The third kappa shape index (κ3) is 9.61. The van der Waals surface area contributed by atoms with Crippen LogP contribution in [0.5, 0.6) is 23.0 Å². The van der Waals surface area contributed by atoms with E-state index in [-0.39, 0.29) is 92.9 Å². The molecular weight excluding hydrogens is 714 g/mol. The van der Waals surface area contributed by atoms with Crippen molar-refractivity contribution < 1.29 is 18.9 Å². The van der Waals surface area contributed by atoms with E-state index in [2.05, 4.69) is 0 Å². The number of halogens is 4. The molecule has 12 nitrogen and oxygen atoms in total. The lowest BCUT2D eigenvalue weighted by atomic mass is 9.92. The highest BCUT2D eigenvalue weighted by Crippen LogP contribution is 2.34. The average Bonchev–Trinajstić information content (AvgIpc) is 3.05. The first-order chi connectivity index (χ1) is 23.2. The lowest BCUT2D eigenvalue weighted by Crippen LogP contribution is -2.45. The topological polar surface area (TPSA) is 236 Å². The Kier molecular flexibility index (Phi) is 12.1.